The predicted molar refractivity (Wildman–Crippen MR) is 112 cm³/mol. The highest BCUT2D eigenvalue weighted by Gasteiger charge is 2.45. The van der Waals surface area contributed by atoms with Crippen LogP contribution in [0.5, 0.6) is 0 Å². The first kappa shape index (κ1) is 19.3. The van der Waals surface area contributed by atoms with Gasteiger partial charge in [-0.1, -0.05) is 30.3 Å². The van der Waals surface area contributed by atoms with Crippen molar-refractivity contribution in [3.05, 3.63) is 71.0 Å². The van der Waals surface area contributed by atoms with Crippen molar-refractivity contribution in [2.45, 2.75) is 37.8 Å². The number of likely N-dealkylation sites (tertiary alicyclic amines) is 1. The number of carbonyl (C=O) groups excluding carboxylic acids is 1. The first-order valence-corrected chi connectivity index (χ1v) is 10.9. The number of halogens is 1. The molecule has 4 nitrogen and oxygen atoms in total. The predicted octanol–water partition coefficient (Wildman–Crippen LogP) is 4.39. The Kier molecular flexibility index (Phi) is 5.04. The van der Waals surface area contributed by atoms with Gasteiger partial charge in [-0.3, -0.25) is 9.69 Å². The van der Waals surface area contributed by atoms with Crippen molar-refractivity contribution in [2.24, 2.45) is 11.8 Å². The Labute approximate surface area is 176 Å². The summed E-state index contributed by atoms with van der Waals surface area (Å²) >= 11 is 0. The minimum atomic E-state index is -0.529. The van der Waals surface area contributed by atoms with Gasteiger partial charge in [-0.15, -0.1) is 0 Å². The fourth-order valence-corrected chi connectivity index (χ4v) is 5.97. The molecule has 2 aromatic rings. The molecule has 2 bridgehead atoms. The zero-order valence-electron chi connectivity index (χ0n) is 17.0. The van der Waals surface area contributed by atoms with Gasteiger partial charge in [-0.2, -0.15) is 5.26 Å². The van der Waals surface area contributed by atoms with Crippen LogP contribution < -0.4 is 0 Å². The molecule has 5 heteroatoms. The number of piperidine rings is 3. The lowest BCUT2D eigenvalue weighted by molar-refractivity contribution is -0.0511. The fraction of sp³-hybridized carbons (Fsp3) is 0.440. The summed E-state index contributed by atoms with van der Waals surface area (Å²) in [5, 5.41) is 9.11. The van der Waals surface area contributed by atoms with Crippen LogP contribution in [0.2, 0.25) is 0 Å². The molecule has 0 spiro atoms. The van der Waals surface area contributed by atoms with Crippen LogP contribution in [-0.4, -0.2) is 41.4 Å². The van der Waals surface area contributed by atoms with Crippen molar-refractivity contribution in [1.29, 1.82) is 5.26 Å². The van der Waals surface area contributed by atoms with E-state index in [-0.39, 0.29) is 17.0 Å². The second-order valence-electron chi connectivity index (χ2n) is 9.03. The van der Waals surface area contributed by atoms with E-state index < -0.39 is 5.82 Å². The first-order valence-electron chi connectivity index (χ1n) is 10.9. The summed E-state index contributed by atoms with van der Waals surface area (Å²) in [6.45, 7) is 2.44. The molecule has 0 radical (unpaired) electrons. The maximum atomic E-state index is 13.9. The van der Waals surface area contributed by atoms with Gasteiger partial charge in [0.2, 0.25) is 0 Å². The molecule has 0 saturated carbocycles. The van der Waals surface area contributed by atoms with Gasteiger partial charge in [-0.05, 0) is 61.3 Å². The topological polar surface area (TPSA) is 47.3 Å². The van der Waals surface area contributed by atoms with Gasteiger partial charge in [0.25, 0.3) is 5.91 Å². The summed E-state index contributed by atoms with van der Waals surface area (Å²) in [7, 11) is 0. The number of fused-ring (bicyclic) bond motifs is 4. The zero-order chi connectivity index (χ0) is 20.7. The summed E-state index contributed by atoms with van der Waals surface area (Å²) in [4.78, 5) is 17.7. The number of nitrogens with zero attached hydrogens (tertiary/aromatic N) is 3. The summed E-state index contributed by atoms with van der Waals surface area (Å²) < 4.78 is 13.9. The standard InChI is InChI=1S/C25H26FN3O/c26-22-11-17(13-27)9-20(12-22)25(30)28-14-18-10-21(16-28)24-8-4-7-23(29(24)15-18)19-5-2-1-3-6-19/h1-3,5-6,9,11-12,18,21,23-24H,4,7-8,10,14-16H2/t18-,21+,23+,24-/m0/s1. The van der Waals surface area contributed by atoms with Crippen LogP contribution in [0, 0.1) is 29.0 Å². The van der Waals surface area contributed by atoms with Gasteiger partial charge in [0.1, 0.15) is 5.82 Å². The van der Waals surface area contributed by atoms with E-state index in [1.807, 2.05) is 11.0 Å². The molecular formula is C25H26FN3O. The summed E-state index contributed by atoms with van der Waals surface area (Å²) in [6, 6.07) is 17.7. The zero-order valence-corrected chi connectivity index (χ0v) is 17.0. The SMILES string of the molecule is N#Cc1cc(F)cc(C(=O)N2C[C@@H]3C[C@H](C2)[C@@H]2CCC[C@H](c4ccccc4)N2C3)c1. The number of hydrogen-bond donors (Lipinski definition) is 0. The second kappa shape index (κ2) is 7.85. The smallest absolute Gasteiger partial charge is 0.254 e. The van der Waals surface area contributed by atoms with Gasteiger partial charge in [-0.25, -0.2) is 4.39 Å². The number of rotatable bonds is 2. The second-order valence-corrected chi connectivity index (χ2v) is 9.03. The van der Waals surface area contributed by atoms with Crippen LogP contribution >= 0.6 is 0 Å². The number of benzene rings is 2. The van der Waals surface area contributed by atoms with E-state index in [4.69, 9.17) is 5.26 Å². The maximum absolute atomic E-state index is 13.9. The van der Waals surface area contributed by atoms with Gasteiger partial charge >= 0.3 is 0 Å². The lowest BCUT2D eigenvalue weighted by atomic mass is 9.74. The molecule has 30 heavy (non-hydrogen) atoms. The first-order chi connectivity index (χ1) is 14.6. The molecule has 3 heterocycles. The van der Waals surface area contributed by atoms with Crippen LogP contribution in [0.3, 0.4) is 0 Å². The monoisotopic (exact) mass is 403 g/mol. The van der Waals surface area contributed by atoms with Crippen LogP contribution in [0.4, 0.5) is 4.39 Å². The van der Waals surface area contributed by atoms with Crippen molar-refractivity contribution in [2.75, 3.05) is 19.6 Å². The highest BCUT2D eigenvalue weighted by Crippen LogP contribution is 2.44. The lowest BCUT2D eigenvalue weighted by Crippen LogP contribution is -2.60. The average Bonchev–Trinajstić information content (AvgIpc) is 2.78. The Morgan fingerprint density at radius 3 is 2.70 bits per heavy atom. The van der Waals surface area contributed by atoms with Crippen LogP contribution in [0.25, 0.3) is 0 Å². The van der Waals surface area contributed by atoms with Crippen LogP contribution in [-0.2, 0) is 0 Å². The van der Waals surface area contributed by atoms with E-state index in [1.54, 1.807) is 0 Å². The van der Waals surface area contributed by atoms with Gasteiger partial charge in [0.15, 0.2) is 0 Å². The highest BCUT2D eigenvalue weighted by molar-refractivity contribution is 5.94. The van der Waals surface area contributed by atoms with Crippen molar-refractivity contribution < 1.29 is 9.18 Å². The Morgan fingerprint density at radius 2 is 1.90 bits per heavy atom. The minimum absolute atomic E-state index is 0.149. The Morgan fingerprint density at radius 1 is 1.07 bits per heavy atom. The van der Waals surface area contributed by atoms with Crippen molar-refractivity contribution in [3.8, 4) is 6.07 Å². The Bertz CT molecular complexity index is 986. The summed E-state index contributed by atoms with van der Waals surface area (Å²) in [5.74, 6) is 0.220. The van der Waals surface area contributed by atoms with Gasteiger partial charge in [0.05, 0.1) is 11.6 Å². The molecule has 0 unspecified atom stereocenters. The fourth-order valence-electron chi connectivity index (χ4n) is 5.97. The third-order valence-electron chi connectivity index (χ3n) is 7.13. The number of amides is 1. The molecule has 0 aromatic heterocycles. The Hall–Kier alpha value is -2.71. The number of nitriles is 1. The average molecular weight is 404 g/mol. The minimum Gasteiger partial charge on any atom is -0.338 e. The third-order valence-corrected chi connectivity index (χ3v) is 7.13. The molecule has 4 atom stereocenters. The lowest BCUT2D eigenvalue weighted by Gasteiger charge is -2.55. The molecule has 2 aromatic carbocycles. The van der Waals surface area contributed by atoms with E-state index in [1.165, 1.54) is 49.4 Å². The molecule has 5 rings (SSSR count). The molecule has 154 valence electrons. The largest absolute Gasteiger partial charge is 0.338 e. The van der Waals surface area contributed by atoms with E-state index in [0.29, 0.717) is 30.5 Å². The summed E-state index contributed by atoms with van der Waals surface area (Å²) in [5.41, 5.74) is 1.88. The molecule has 0 aliphatic carbocycles. The quantitative estimate of drug-likeness (QED) is 0.747. The summed E-state index contributed by atoms with van der Waals surface area (Å²) in [6.07, 6.45) is 4.76. The molecule has 3 fully saturated rings. The van der Waals surface area contributed by atoms with Crippen molar-refractivity contribution in [1.82, 2.24) is 9.80 Å². The van der Waals surface area contributed by atoms with Gasteiger partial charge in [0, 0.05) is 37.3 Å². The van der Waals surface area contributed by atoms with E-state index in [9.17, 15) is 9.18 Å². The normalized spacial score (nSPS) is 28.5. The Balaban J connectivity index is 1.36. The van der Waals surface area contributed by atoms with Gasteiger partial charge < -0.3 is 4.90 Å². The molecule has 0 N–H and O–H groups in total. The molecule has 3 saturated heterocycles. The van der Waals surface area contributed by atoms with Crippen LogP contribution in [0.1, 0.15) is 53.2 Å². The number of hydrogen-bond acceptors (Lipinski definition) is 3. The van der Waals surface area contributed by atoms with Crippen molar-refractivity contribution in [3.63, 3.8) is 0 Å². The molecular weight excluding hydrogens is 377 g/mol. The van der Waals surface area contributed by atoms with E-state index in [0.717, 1.165) is 13.1 Å². The molecule has 3 aliphatic rings. The van der Waals surface area contributed by atoms with E-state index >= 15 is 0 Å². The van der Waals surface area contributed by atoms with Crippen LogP contribution in [0.15, 0.2) is 48.5 Å². The third kappa shape index (κ3) is 3.50. The van der Waals surface area contributed by atoms with Crippen molar-refractivity contribution >= 4 is 5.91 Å². The highest BCUT2D eigenvalue weighted by atomic mass is 19.1. The molecule has 1 amide bonds. The molecule has 3 aliphatic heterocycles. The number of carbonyl (C=O) groups is 1. The maximum Gasteiger partial charge on any atom is 0.254 e. The van der Waals surface area contributed by atoms with E-state index in [2.05, 4.69) is 35.2 Å².